The van der Waals surface area contributed by atoms with Crippen LogP contribution in [0.3, 0.4) is 0 Å². The van der Waals surface area contributed by atoms with Gasteiger partial charge in [0.15, 0.2) is 0 Å². The third-order valence-corrected chi connectivity index (χ3v) is 5.93. The maximum atomic E-state index is 11.8. The third-order valence-electron chi connectivity index (χ3n) is 2.92. The Balaban J connectivity index is 1.87. The Morgan fingerprint density at radius 2 is 1.89 bits per heavy atom. The Labute approximate surface area is 110 Å². The number of rotatable bonds is 5. The lowest BCUT2D eigenvalue weighted by molar-refractivity contribution is 0.290. The lowest BCUT2D eigenvalue weighted by Crippen LogP contribution is -2.32. The van der Waals surface area contributed by atoms with Crippen molar-refractivity contribution in [3.63, 3.8) is 0 Å². The molecule has 100 valence electrons. The molecule has 0 spiro atoms. The molecule has 0 bridgehead atoms. The summed E-state index contributed by atoms with van der Waals surface area (Å²) in [6, 6.07) is 6.57. The largest absolute Gasteiger partial charge is 0.296 e. The van der Waals surface area contributed by atoms with E-state index in [0.29, 0.717) is 23.8 Å². The normalized spacial score (nSPS) is 23.6. The van der Waals surface area contributed by atoms with Crippen molar-refractivity contribution in [1.29, 1.82) is 0 Å². The molecule has 0 unspecified atom stereocenters. The van der Waals surface area contributed by atoms with E-state index < -0.39 is 20.9 Å². The molecular weight excluding hydrogens is 272 g/mol. The molecule has 1 aliphatic heterocycles. The molecule has 4 nitrogen and oxygen atoms in total. The summed E-state index contributed by atoms with van der Waals surface area (Å²) >= 11 is 0. The summed E-state index contributed by atoms with van der Waals surface area (Å²) in [5.41, 5.74) is 1.01. The summed E-state index contributed by atoms with van der Waals surface area (Å²) in [5, 5.41) is 0. The van der Waals surface area contributed by atoms with Crippen LogP contribution in [0.15, 0.2) is 29.2 Å². The van der Waals surface area contributed by atoms with Crippen LogP contribution >= 0.6 is 0 Å². The van der Waals surface area contributed by atoms with E-state index in [1.165, 1.54) is 0 Å². The highest BCUT2D eigenvalue weighted by molar-refractivity contribution is 7.87. The van der Waals surface area contributed by atoms with Crippen molar-refractivity contribution in [3.8, 4) is 0 Å². The number of hydrogen-bond acceptors (Lipinski definition) is 4. The van der Waals surface area contributed by atoms with Gasteiger partial charge in [-0.1, -0.05) is 17.7 Å². The first-order valence-electron chi connectivity index (χ1n) is 5.78. The maximum absolute atomic E-state index is 11.8. The van der Waals surface area contributed by atoms with Crippen LogP contribution in [-0.4, -0.2) is 30.7 Å². The van der Waals surface area contributed by atoms with Gasteiger partial charge in [0.1, 0.15) is 0 Å². The molecule has 1 heterocycles. The van der Waals surface area contributed by atoms with Crippen LogP contribution in [0.2, 0.25) is 0 Å². The standard InChI is InChI=1S/C12H16O4S2/c1-10-2-4-12(5-3-10)18(14,15)16-7-6-11-8-17(13)9-11/h2-5,11H,6-9H2,1H3. The topological polar surface area (TPSA) is 60.4 Å². The van der Waals surface area contributed by atoms with Crippen LogP contribution in [0.25, 0.3) is 0 Å². The highest BCUT2D eigenvalue weighted by Crippen LogP contribution is 2.19. The summed E-state index contributed by atoms with van der Waals surface area (Å²) < 4.78 is 39.5. The molecule has 1 aromatic carbocycles. The van der Waals surface area contributed by atoms with Gasteiger partial charge in [-0.15, -0.1) is 0 Å². The second kappa shape index (κ2) is 5.50. The van der Waals surface area contributed by atoms with Crippen molar-refractivity contribution in [2.75, 3.05) is 18.1 Å². The quantitative estimate of drug-likeness (QED) is 0.770. The molecular formula is C12H16O4S2. The zero-order valence-corrected chi connectivity index (χ0v) is 11.8. The molecule has 1 fully saturated rings. The van der Waals surface area contributed by atoms with Crippen LogP contribution in [0.5, 0.6) is 0 Å². The molecule has 6 heteroatoms. The van der Waals surface area contributed by atoms with Gasteiger partial charge in [-0.25, -0.2) is 0 Å². The van der Waals surface area contributed by atoms with Crippen LogP contribution in [0.4, 0.5) is 0 Å². The van der Waals surface area contributed by atoms with E-state index in [-0.39, 0.29) is 11.5 Å². The molecule has 0 amide bonds. The van der Waals surface area contributed by atoms with Gasteiger partial charge in [-0.05, 0) is 31.4 Å². The van der Waals surface area contributed by atoms with Gasteiger partial charge in [-0.3, -0.25) is 8.39 Å². The Kier molecular flexibility index (Phi) is 4.19. The molecule has 0 N–H and O–H groups in total. The molecule has 2 rings (SSSR count). The molecule has 18 heavy (non-hydrogen) atoms. The van der Waals surface area contributed by atoms with Crippen LogP contribution in [0.1, 0.15) is 12.0 Å². The fraction of sp³-hybridized carbons (Fsp3) is 0.500. The molecule has 1 aromatic rings. The minimum absolute atomic E-state index is 0.165. The molecule has 0 saturated carbocycles. The van der Waals surface area contributed by atoms with Gasteiger partial charge < -0.3 is 0 Å². The molecule has 0 aromatic heterocycles. The first-order valence-corrected chi connectivity index (χ1v) is 8.68. The first-order chi connectivity index (χ1) is 8.47. The zero-order valence-electron chi connectivity index (χ0n) is 10.2. The lowest BCUT2D eigenvalue weighted by atomic mass is 10.1. The van der Waals surface area contributed by atoms with Gasteiger partial charge in [0.05, 0.1) is 11.5 Å². The van der Waals surface area contributed by atoms with E-state index >= 15 is 0 Å². The van der Waals surface area contributed by atoms with E-state index in [9.17, 15) is 12.6 Å². The summed E-state index contributed by atoms with van der Waals surface area (Å²) in [5.74, 6) is 1.70. The van der Waals surface area contributed by atoms with Crippen LogP contribution in [-0.2, 0) is 25.1 Å². The van der Waals surface area contributed by atoms with E-state index in [2.05, 4.69) is 0 Å². The summed E-state index contributed by atoms with van der Waals surface area (Å²) in [6.07, 6.45) is 0.650. The Morgan fingerprint density at radius 3 is 2.44 bits per heavy atom. The van der Waals surface area contributed by atoms with Crippen LogP contribution < -0.4 is 0 Å². The average Bonchev–Trinajstić information content (AvgIpc) is 2.27. The third kappa shape index (κ3) is 3.40. The fourth-order valence-electron chi connectivity index (χ4n) is 1.74. The van der Waals surface area contributed by atoms with Gasteiger partial charge in [0, 0.05) is 22.3 Å². The molecule has 1 aliphatic rings. The molecule has 0 aliphatic carbocycles. The highest BCUT2D eigenvalue weighted by atomic mass is 32.2. The molecule has 1 saturated heterocycles. The van der Waals surface area contributed by atoms with Crippen molar-refractivity contribution in [3.05, 3.63) is 29.8 Å². The van der Waals surface area contributed by atoms with E-state index in [4.69, 9.17) is 4.18 Å². The summed E-state index contributed by atoms with van der Waals surface area (Å²) in [7, 11) is -4.34. The molecule has 0 atom stereocenters. The average molecular weight is 288 g/mol. The number of aryl methyl sites for hydroxylation is 1. The van der Waals surface area contributed by atoms with Crippen molar-refractivity contribution in [1.82, 2.24) is 0 Å². The second-order valence-electron chi connectivity index (χ2n) is 4.52. The van der Waals surface area contributed by atoms with Gasteiger partial charge in [0.2, 0.25) is 0 Å². The summed E-state index contributed by atoms with van der Waals surface area (Å²) in [4.78, 5) is 0.185. The first kappa shape index (κ1) is 13.7. The zero-order chi connectivity index (χ0) is 13.2. The Bertz CT molecular complexity index is 526. The summed E-state index contributed by atoms with van der Waals surface area (Å²) in [6.45, 7) is 2.06. The Morgan fingerprint density at radius 1 is 1.28 bits per heavy atom. The number of hydrogen-bond donors (Lipinski definition) is 0. The van der Waals surface area contributed by atoms with Gasteiger partial charge in [0.25, 0.3) is 10.1 Å². The fourth-order valence-corrected chi connectivity index (χ4v) is 3.95. The van der Waals surface area contributed by atoms with Crippen molar-refractivity contribution in [2.24, 2.45) is 5.92 Å². The van der Waals surface area contributed by atoms with Crippen molar-refractivity contribution >= 4 is 20.9 Å². The molecule has 0 radical (unpaired) electrons. The minimum Gasteiger partial charge on any atom is -0.266 e. The number of benzene rings is 1. The SMILES string of the molecule is Cc1ccc(S(=O)(=O)OCCC2CS(=O)C2)cc1. The predicted octanol–water partition coefficient (Wildman–Crippen LogP) is 1.47. The second-order valence-corrected chi connectivity index (χ2v) is 7.68. The van der Waals surface area contributed by atoms with E-state index in [1.54, 1.807) is 24.3 Å². The minimum atomic E-state index is -3.65. The van der Waals surface area contributed by atoms with Crippen molar-refractivity contribution < 1.29 is 16.8 Å². The van der Waals surface area contributed by atoms with Gasteiger partial charge >= 0.3 is 0 Å². The maximum Gasteiger partial charge on any atom is 0.296 e. The monoisotopic (exact) mass is 288 g/mol. The van der Waals surface area contributed by atoms with E-state index in [1.807, 2.05) is 6.92 Å². The highest BCUT2D eigenvalue weighted by Gasteiger charge is 2.25. The van der Waals surface area contributed by atoms with E-state index in [0.717, 1.165) is 5.56 Å². The smallest absolute Gasteiger partial charge is 0.266 e. The van der Waals surface area contributed by atoms with Crippen molar-refractivity contribution in [2.45, 2.75) is 18.2 Å². The van der Waals surface area contributed by atoms with Crippen LogP contribution in [0, 0.1) is 12.8 Å². The lowest BCUT2D eigenvalue weighted by Gasteiger charge is -2.24. The Hall–Kier alpha value is -0.720. The predicted molar refractivity (Wildman–Crippen MR) is 70.3 cm³/mol. The van der Waals surface area contributed by atoms with Gasteiger partial charge in [-0.2, -0.15) is 8.42 Å².